The summed E-state index contributed by atoms with van der Waals surface area (Å²) in [5.41, 5.74) is 1.10. The summed E-state index contributed by atoms with van der Waals surface area (Å²) in [5.74, 6) is 0.652. The zero-order valence-electron chi connectivity index (χ0n) is 11.5. The summed E-state index contributed by atoms with van der Waals surface area (Å²) < 4.78 is 5.67. The van der Waals surface area contributed by atoms with Crippen molar-refractivity contribution in [2.75, 3.05) is 13.1 Å². The molecular formula is C15H21NO3. The number of ether oxygens (including phenoxy) is 1. The molecule has 19 heavy (non-hydrogen) atoms. The quantitative estimate of drug-likeness (QED) is 0.903. The highest BCUT2D eigenvalue weighted by molar-refractivity contribution is 5.81. The lowest BCUT2D eigenvalue weighted by atomic mass is 10.1. The first-order chi connectivity index (χ1) is 9.06. The molecule has 1 aromatic carbocycles. The summed E-state index contributed by atoms with van der Waals surface area (Å²) in [6, 6.07) is 7.66. The molecule has 1 aliphatic heterocycles. The van der Waals surface area contributed by atoms with E-state index >= 15 is 0 Å². The number of aryl methyl sites for hydroxylation is 1. The topological polar surface area (TPSA) is 49.8 Å². The average molecular weight is 263 g/mol. The van der Waals surface area contributed by atoms with Crippen LogP contribution in [0.2, 0.25) is 0 Å². The van der Waals surface area contributed by atoms with Gasteiger partial charge in [0.2, 0.25) is 0 Å². The Kier molecular flexibility index (Phi) is 4.43. The molecule has 1 amide bonds. The summed E-state index contributed by atoms with van der Waals surface area (Å²) in [7, 11) is 0. The van der Waals surface area contributed by atoms with Crippen LogP contribution in [0.15, 0.2) is 24.3 Å². The molecule has 104 valence electrons. The maximum Gasteiger partial charge on any atom is 0.263 e. The second-order valence-corrected chi connectivity index (χ2v) is 5.16. The number of aliphatic hydroxyl groups is 1. The predicted octanol–water partition coefficient (Wildman–Crippen LogP) is 1.75. The van der Waals surface area contributed by atoms with E-state index in [4.69, 9.17) is 4.74 Å². The lowest BCUT2D eigenvalue weighted by Gasteiger charge is -2.32. The molecule has 0 radical (unpaired) electrons. The van der Waals surface area contributed by atoms with Gasteiger partial charge >= 0.3 is 0 Å². The van der Waals surface area contributed by atoms with Crippen molar-refractivity contribution in [1.82, 2.24) is 4.90 Å². The van der Waals surface area contributed by atoms with E-state index < -0.39 is 12.2 Å². The summed E-state index contributed by atoms with van der Waals surface area (Å²) in [4.78, 5) is 13.9. The van der Waals surface area contributed by atoms with Crippen LogP contribution in [-0.4, -0.2) is 41.2 Å². The Bertz CT molecular complexity index is 447. The highest BCUT2D eigenvalue weighted by atomic mass is 16.5. The lowest BCUT2D eigenvalue weighted by Crippen LogP contribution is -2.47. The molecule has 1 N–H and O–H groups in total. The molecule has 1 unspecified atom stereocenters. The minimum absolute atomic E-state index is 0.0553. The second-order valence-electron chi connectivity index (χ2n) is 5.16. The Morgan fingerprint density at radius 3 is 3.00 bits per heavy atom. The molecule has 1 heterocycles. The molecule has 4 nitrogen and oxygen atoms in total. The van der Waals surface area contributed by atoms with Gasteiger partial charge in [-0.25, -0.2) is 0 Å². The number of benzene rings is 1. The number of hydrogen-bond donors (Lipinski definition) is 1. The SMILES string of the molecule is Cc1cccc(OC(C)C(=O)N2CCC[C@H](O)C2)c1. The van der Waals surface area contributed by atoms with Gasteiger partial charge in [0, 0.05) is 13.1 Å². The smallest absolute Gasteiger partial charge is 0.263 e. The Labute approximate surface area is 114 Å². The van der Waals surface area contributed by atoms with Gasteiger partial charge in [0.05, 0.1) is 6.10 Å². The highest BCUT2D eigenvalue weighted by Crippen LogP contribution is 2.17. The van der Waals surface area contributed by atoms with Crippen molar-refractivity contribution in [2.45, 2.75) is 38.9 Å². The predicted molar refractivity (Wildman–Crippen MR) is 73.1 cm³/mol. The van der Waals surface area contributed by atoms with E-state index in [1.807, 2.05) is 31.2 Å². The van der Waals surface area contributed by atoms with Gasteiger partial charge < -0.3 is 14.7 Å². The highest BCUT2D eigenvalue weighted by Gasteiger charge is 2.26. The van der Waals surface area contributed by atoms with Crippen LogP contribution in [0.1, 0.15) is 25.3 Å². The molecule has 0 aromatic heterocycles. The molecule has 1 aromatic rings. The van der Waals surface area contributed by atoms with Crippen LogP contribution in [0.25, 0.3) is 0 Å². The first-order valence-electron chi connectivity index (χ1n) is 6.76. The van der Waals surface area contributed by atoms with E-state index in [0.29, 0.717) is 18.8 Å². The van der Waals surface area contributed by atoms with Crippen LogP contribution < -0.4 is 4.74 Å². The summed E-state index contributed by atoms with van der Waals surface area (Å²) >= 11 is 0. The van der Waals surface area contributed by atoms with Crippen LogP contribution >= 0.6 is 0 Å². The number of aliphatic hydroxyl groups excluding tert-OH is 1. The summed E-state index contributed by atoms with van der Waals surface area (Å²) in [6.07, 6.45) is 0.706. The number of carbonyl (C=O) groups excluding carboxylic acids is 1. The largest absolute Gasteiger partial charge is 0.481 e. The fourth-order valence-corrected chi connectivity index (χ4v) is 2.36. The van der Waals surface area contributed by atoms with Crippen molar-refractivity contribution in [2.24, 2.45) is 0 Å². The van der Waals surface area contributed by atoms with Crippen molar-refractivity contribution in [3.8, 4) is 5.75 Å². The van der Waals surface area contributed by atoms with Gasteiger partial charge in [-0.1, -0.05) is 12.1 Å². The monoisotopic (exact) mass is 263 g/mol. The zero-order chi connectivity index (χ0) is 13.8. The third kappa shape index (κ3) is 3.70. The number of nitrogens with zero attached hydrogens (tertiary/aromatic N) is 1. The Balaban J connectivity index is 1.95. The fraction of sp³-hybridized carbons (Fsp3) is 0.533. The molecule has 0 saturated carbocycles. The number of piperidine rings is 1. The molecule has 0 spiro atoms. The lowest BCUT2D eigenvalue weighted by molar-refractivity contribution is -0.141. The van der Waals surface area contributed by atoms with Gasteiger partial charge in [0.15, 0.2) is 6.10 Å². The zero-order valence-corrected chi connectivity index (χ0v) is 11.5. The van der Waals surface area contributed by atoms with E-state index in [9.17, 15) is 9.90 Å². The van der Waals surface area contributed by atoms with Gasteiger partial charge in [-0.05, 0) is 44.4 Å². The number of likely N-dealkylation sites (tertiary alicyclic amines) is 1. The van der Waals surface area contributed by atoms with Gasteiger partial charge in [0.1, 0.15) is 5.75 Å². The molecular weight excluding hydrogens is 242 g/mol. The van der Waals surface area contributed by atoms with Gasteiger partial charge in [-0.3, -0.25) is 4.79 Å². The molecule has 0 bridgehead atoms. The summed E-state index contributed by atoms with van der Waals surface area (Å²) in [5, 5.41) is 9.60. The van der Waals surface area contributed by atoms with Crippen LogP contribution in [0, 0.1) is 6.92 Å². The first kappa shape index (κ1) is 13.9. The Morgan fingerprint density at radius 1 is 1.53 bits per heavy atom. The van der Waals surface area contributed by atoms with Crippen molar-refractivity contribution in [3.63, 3.8) is 0 Å². The number of rotatable bonds is 3. The number of hydrogen-bond acceptors (Lipinski definition) is 3. The maximum absolute atomic E-state index is 12.2. The second kappa shape index (κ2) is 6.06. The Morgan fingerprint density at radius 2 is 2.32 bits per heavy atom. The van der Waals surface area contributed by atoms with Crippen LogP contribution in [0.4, 0.5) is 0 Å². The molecule has 4 heteroatoms. The molecule has 1 saturated heterocycles. The van der Waals surface area contributed by atoms with Crippen LogP contribution in [0.3, 0.4) is 0 Å². The van der Waals surface area contributed by atoms with Crippen LogP contribution in [0.5, 0.6) is 5.75 Å². The van der Waals surface area contributed by atoms with Crippen molar-refractivity contribution >= 4 is 5.91 Å². The van der Waals surface area contributed by atoms with Crippen molar-refractivity contribution in [3.05, 3.63) is 29.8 Å². The van der Waals surface area contributed by atoms with Gasteiger partial charge in [-0.2, -0.15) is 0 Å². The number of amides is 1. The van der Waals surface area contributed by atoms with Crippen LogP contribution in [-0.2, 0) is 4.79 Å². The molecule has 1 fully saturated rings. The molecule has 0 aliphatic carbocycles. The average Bonchev–Trinajstić information content (AvgIpc) is 2.38. The minimum atomic E-state index is -0.521. The standard InChI is InChI=1S/C15H21NO3/c1-11-5-3-7-14(9-11)19-12(2)15(18)16-8-4-6-13(17)10-16/h3,5,7,9,12-13,17H,4,6,8,10H2,1-2H3/t12?,13-/m0/s1. The molecule has 1 aliphatic rings. The maximum atomic E-state index is 12.2. The first-order valence-corrected chi connectivity index (χ1v) is 6.76. The van der Waals surface area contributed by atoms with E-state index in [1.54, 1.807) is 11.8 Å². The summed E-state index contributed by atoms with van der Waals surface area (Å²) in [6.45, 7) is 4.86. The van der Waals surface area contributed by atoms with Crippen molar-refractivity contribution in [1.29, 1.82) is 0 Å². The van der Waals surface area contributed by atoms with E-state index in [0.717, 1.165) is 18.4 Å². The number of β-amino-alcohol motifs (C(OH)–C–C–N with tert-alkyl or cyclic N) is 1. The van der Waals surface area contributed by atoms with Gasteiger partial charge in [0.25, 0.3) is 5.91 Å². The third-order valence-corrected chi connectivity index (χ3v) is 3.36. The third-order valence-electron chi connectivity index (χ3n) is 3.36. The molecule has 2 rings (SSSR count). The minimum Gasteiger partial charge on any atom is -0.481 e. The van der Waals surface area contributed by atoms with E-state index in [-0.39, 0.29) is 5.91 Å². The van der Waals surface area contributed by atoms with Gasteiger partial charge in [-0.15, -0.1) is 0 Å². The normalized spacial score (nSPS) is 21.0. The van der Waals surface area contributed by atoms with E-state index in [2.05, 4.69) is 0 Å². The van der Waals surface area contributed by atoms with Crippen molar-refractivity contribution < 1.29 is 14.6 Å². The fourth-order valence-electron chi connectivity index (χ4n) is 2.36. The van der Waals surface area contributed by atoms with E-state index in [1.165, 1.54) is 0 Å². The Hall–Kier alpha value is -1.55. The number of carbonyl (C=O) groups is 1. The molecule has 2 atom stereocenters.